The molecule has 114 valence electrons. The van der Waals surface area contributed by atoms with Gasteiger partial charge in [0.1, 0.15) is 0 Å². The number of nitro groups is 1. The Morgan fingerprint density at radius 3 is 2.81 bits per heavy atom. The summed E-state index contributed by atoms with van der Waals surface area (Å²) in [7, 11) is 1.63. The van der Waals surface area contributed by atoms with Crippen molar-refractivity contribution in [2.45, 2.75) is 25.4 Å². The maximum absolute atomic E-state index is 12.5. The first-order valence-electron chi connectivity index (χ1n) is 6.65. The van der Waals surface area contributed by atoms with Crippen molar-refractivity contribution in [3.8, 4) is 0 Å². The van der Waals surface area contributed by atoms with E-state index in [9.17, 15) is 14.9 Å². The maximum Gasteiger partial charge on any atom is 0.270 e. The van der Waals surface area contributed by atoms with Gasteiger partial charge in [0, 0.05) is 32.3 Å². The third kappa shape index (κ3) is 3.33. The highest BCUT2D eigenvalue weighted by atomic mass is 35.5. The zero-order chi connectivity index (χ0) is 15.6. The number of halogens is 1. The van der Waals surface area contributed by atoms with Gasteiger partial charge in [-0.15, -0.1) is 0 Å². The van der Waals surface area contributed by atoms with Crippen LogP contribution in [-0.4, -0.2) is 41.5 Å². The van der Waals surface area contributed by atoms with Crippen LogP contribution in [0.15, 0.2) is 18.2 Å². The molecule has 1 fully saturated rings. The van der Waals surface area contributed by atoms with Crippen molar-refractivity contribution >= 4 is 23.2 Å². The predicted octanol–water partition coefficient (Wildman–Crippen LogP) is 2.89. The lowest BCUT2D eigenvalue weighted by Crippen LogP contribution is -2.49. The molecule has 6 nitrogen and oxygen atoms in total. The first-order chi connectivity index (χ1) is 9.86. The predicted molar refractivity (Wildman–Crippen MR) is 78.7 cm³/mol. The van der Waals surface area contributed by atoms with Crippen LogP contribution in [0.4, 0.5) is 5.69 Å². The quantitative estimate of drug-likeness (QED) is 0.635. The molecule has 0 aliphatic carbocycles. The molecule has 0 bridgehead atoms. The third-order valence-corrected chi connectivity index (χ3v) is 4.15. The average molecular weight is 313 g/mol. The second kappa shape index (κ2) is 5.99. The first-order valence-corrected chi connectivity index (χ1v) is 7.02. The van der Waals surface area contributed by atoms with E-state index in [-0.39, 0.29) is 27.8 Å². The van der Waals surface area contributed by atoms with E-state index in [4.69, 9.17) is 16.3 Å². The monoisotopic (exact) mass is 312 g/mol. The van der Waals surface area contributed by atoms with Gasteiger partial charge in [0.15, 0.2) is 0 Å². The minimum Gasteiger partial charge on any atom is -0.377 e. The van der Waals surface area contributed by atoms with Crippen molar-refractivity contribution < 1.29 is 14.5 Å². The summed E-state index contributed by atoms with van der Waals surface area (Å²) >= 11 is 6.01. The Morgan fingerprint density at radius 2 is 2.24 bits per heavy atom. The summed E-state index contributed by atoms with van der Waals surface area (Å²) in [6, 6.07) is 3.90. The molecule has 1 saturated heterocycles. The number of methoxy groups -OCH3 is 1. The lowest BCUT2D eigenvalue weighted by Gasteiger charge is -2.39. The number of non-ortho nitro benzene ring substituents is 1. The van der Waals surface area contributed by atoms with Crippen LogP contribution < -0.4 is 0 Å². The van der Waals surface area contributed by atoms with Gasteiger partial charge >= 0.3 is 0 Å². The Bertz CT molecular complexity index is 578. The Morgan fingerprint density at radius 1 is 1.52 bits per heavy atom. The maximum atomic E-state index is 12.5. The zero-order valence-corrected chi connectivity index (χ0v) is 12.7. The van der Waals surface area contributed by atoms with E-state index in [0.29, 0.717) is 13.1 Å². The van der Waals surface area contributed by atoms with Gasteiger partial charge in [-0.05, 0) is 25.8 Å². The van der Waals surface area contributed by atoms with Gasteiger partial charge in [-0.3, -0.25) is 14.9 Å². The molecule has 0 saturated carbocycles. The van der Waals surface area contributed by atoms with Gasteiger partial charge < -0.3 is 9.64 Å². The van der Waals surface area contributed by atoms with Crippen LogP contribution in [-0.2, 0) is 4.74 Å². The molecule has 1 amide bonds. The summed E-state index contributed by atoms with van der Waals surface area (Å²) in [5, 5.41) is 10.8. The molecule has 1 aliphatic rings. The summed E-state index contributed by atoms with van der Waals surface area (Å²) in [4.78, 5) is 24.4. The number of benzene rings is 1. The fraction of sp³-hybridized carbons (Fsp3) is 0.500. The minimum atomic E-state index is -0.539. The minimum absolute atomic E-state index is 0.0962. The lowest BCUT2D eigenvalue weighted by atomic mass is 9.94. The van der Waals surface area contributed by atoms with Crippen LogP contribution in [0, 0.1) is 10.1 Å². The molecule has 2 rings (SSSR count). The van der Waals surface area contributed by atoms with Gasteiger partial charge in [-0.2, -0.15) is 0 Å². The number of nitrogens with zero attached hydrogens (tertiary/aromatic N) is 2. The van der Waals surface area contributed by atoms with Gasteiger partial charge in [-0.25, -0.2) is 0 Å². The average Bonchev–Trinajstić information content (AvgIpc) is 2.46. The molecule has 0 N–H and O–H groups in total. The number of carbonyl (C=O) groups is 1. The van der Waals surface area contributed by atoms with Crippen molar-refractivity contribution in [3.63, 3.8) is 0 Å². The van der Waals surface area contributed by atoms with E-state index < -0.39 is 4.92 Å². The number of amides is 1. The molecule has 1 aliphatic heterocycles. The molecular formula is C14H17ClN2O4. The second-order valence-electron chi connectivity index (χ2n) is 5.41. The number of nitro benzene ring substituents is 1. The van der Waals surface area contributed by atoms with Gasteiger partial charge in [-0.1, -0.05) is 11.6 Å². The highest BCUT2D eigenvalue weighted by molar-refractivity contribution is 6.34. The van der Waals surface area contributed by atoms with Crippen molar-refractivity contribution in [3.05, 3.63) is 38.9 Å². The van der Waals surface area contributed by atoms with Crippen LogP contribution in [0.5, 0.6) is 0 Å². The Hall–Kier alpha value is -1.66. The molecule has 0 radical (unpaired) electrons. The van der Waals surface area contributed by atoms with Crippen LogP contribution in [0.1, 0.15) is 30.1 Å². The fourth-order valence-electron chi connectivity index (χ4n) is 2.51. The van der Waals surface area contributed by atoms with Crippen molar-refractivity contribution in [1.82, 2.24) is 4.90 Å². The second-order valence-corrected chi connectivity index (χ2v) is 5.81. The summed E-state index contributed by atoms with van der Waals surface area (Å²) in [6.45, 7) is 3.07. The van der Waals surface area contributed by atoms with E-state index in [1.165, 1.54) is 18.2 Å². The largest absolute Gasteiger partial charge is 0.377 e. The first kappa shape index (κ1) is 15.7. The SMILES string of the molecule is CO[C@@]1(C)CCCN(C(=O)c2ccc([N+](=O)[O-])cc2Cl)C1. The Labute approximate surface area is 127 Å². The summed E-state index contributed by atoms with van der Waals surface area (Å²) < 4.78 is 5.46. The topological polar surface area (TPSA) is 72.7 Å². The van der Waals surface area contributed by atoms with E-state index in [0.717, 1.165) is 12.8 Å². The van der Waals surface area contributed by atoms with Gasteiger partial charge in [0.05, 0.1) is 21.1 Å². The molecule has 1 heterocycles. The van der Waals surface area contributed by atoms with Crippen LogP contribution >= 0.6 is 11.6 Å². The highest BCUT2D eigenvalue weighted by Gasteiger charge is 2.34. The lowest BCUT2D eigenvalue weighted by molar-refractivity contribution is -0.384. The number of likely N-dealkylation sites (tertiary alicyclic amines) is 1. The molecule has 0 spiro atoms. The van der Waals surface area contributed by atoms with Gasteiger partial charge in [0.2, 0.25) is 0 Å². The molecule has 0 unspecified atom stereocenters. The van der Waals surface area contributed by atoms with Crippen molar-refractivity contribution in [1.29, 1.82) is 0 Å². The summed E-state index contributed by atoms with van der Waals surface area (Å²) in [6.07, 6.45) is 1.74. The molecule has 0 aromatic heterocycles. The number of carbonyl (C=O) groups excluding carboxylic acids is 1. The number of rotatable bonds is 3. The van der Waals surface area contributed by atoms with Crippen molar-refractivity contribution in [2.75, 3.05) is 20.2 Å². The molecule has 21 heavy (non-hydrogen) atoms. The molecule has 1 aromatic carbocycles. The molecule has 1 aromatic rings. The number of hydrogen-bond acceptors (Lipinski definition) is 4. The molecule has 7 heteroatoms. The highest BCUT2D eigenvalue weighted by Crippen LogP contribution is 2.28. The smallest absolute Gasteiger partial charge is 0.270 e. The van der Waals surface area contributed by atoms with E-state index in [1.807, 2.05) is 6.92 Å². The summed E-state index contributed by atoms with van der Waals surface area (Å²) in [5.41, 5.74) is -0.208. The van der Waals surface area contributed by atoms with E-state index in [2.05, 4.69) is 0 Å². The number of hydrogen-bond donors (Lipinski definition) is 0. The van der Waals surface area contributed by atoms with Gasteiger partial charge in [0.25, 0.3) is 11.6 Å². The Kier molecular flexibility index (Phi) is 4.49. The molecule has 1 atom stereocenters. The number of ether oxygens (including phenoxy) is 1. The Balaban J connectivity index is 2.22. The van der Waals surface area contributed by atoms with Crippen LogP contribution in [0.3, 0.4) is 0 Å². The third-order valence-electron chi connectivity index (χ3n) is 3.83. The standard InChI is InChI=1S/C14H17ClN2O4/c1-14(21-2)6-3-7-16(9-14)13(18)11-5-4-10(17(19)20)8-12(11)15/h4-5,8H,3,6-7,9H2,1-2H3/t14-/m0/s1. The summed E-state index contributed by atoms with van der Waals surface area (Å²) in [5.74, 6) is -0.224. The van der Waals surface area contributed by atoms with Crippen LogP contribution in [0.25, 0.3) is 0 Å². The zero-order valence-electron chi connectivity index (χ0n) is 12.0. The number of piperidine rings is 1. The normalized spacial score (nSPS) is 22.1. The molecular weight excluding hydrogens is 296 g/mol. The van der Waals surface area contributed by atoms with Crippen LogP contribution in [0.2, 0.25) is 5.02 Å². The van der Waals surface area contributed by atoms with E-state index >= 15 is 0 Å². The fourth-order valence-corrected chi connectivity index (χ4v) is 2.76. The van der Waals surface area contributed by atoms with E-state index in [1.54, 1.807) is 12.0 Å². The van der Waals surface area contributed by atoms with Crippen molar-refractivity contribution in [2.24, 2.45) is 0 Å².